The van der Waals surface area contributed by atoms with Gasteiger partial charge in [-0.1, -0.05) is 43.7 Å². The third kappa shape index (κ3) is 6.76. The first kappa shape index (κ1) is 17.7. The van der Waals surface area contributed by atoms with E-state index >= 15 is 0 Å². The molecule has 0 aliphatic heterocycles. The van der Waals surface area contributed by atoms with E-state index in [0.29, 0.717) is 5.92 Å². The number of hydrogen-bond acceptors (Lipinski definition) is 3. The van der Waals surface area contributed by atoms with E-state index in [0.717, 1.165) is 19.3 Å². The van der Waals surface area contributed by atoms with Crippen molar-refractivity contribution < 1.29 is 9.53 Å². The first-order chi connectivity index (χ1) is 9.92. The Kier molecular flexibility index (Phi) is 7.44. The van der Waals surface area contributed by atoms with E-state index in [1.54, 1.807) is 0 Å². The molecular formula is C18H29NO2. The van der Waals surface area contributed by atoms with Gasteiger partial charge in [0.05, 0.1) is 7.11 Å². The molecule has 1 rings (SSSR count). The number of hydrogen-bond donors (Lipinski definition) is 1. The van der Waals surface area contributed by atoms with Gasteiger partial charge >= 0.3 is 5.97 Å². The fourth-order valence-electron chi connectivity index (χ4n) is 2.52. The molecule has 0 aromatic heterocycles. The van der Waals surface area contributed by atoms with Gasteiger partial charge in [0.15, 0.2) is 0 Å². The van der Waals surface area contributed by atoms with E-state index in [-0.39, 0.29) is 18.1 Å². The van der Waals surface area contributed by atoms with Crippen molar-refractivity contribution in [3.8, 4) is 0 Å². The number of aryl methyl sites for hydroxylation is 2. The smallest absolute Gasteiger partial charge is 0.322 e. The van der Waals surface area contributed by atoms with Crippen LogP contribution in [0.2, 0.25) is 0 Å². The van der Waals surface area contributed by atoms with E-state index in [2.05, 4.69) is 57.3 Å². The van der Waals surface area contributed by atoms with Gasteiger partial charge in [-0.3, -0.25) is 4.79 Å². The summed E-state index contributed by atoms with van der Waals surface area (Å²) < 4.78 is 4.89. The molecule has 21 heavy (non-hydrogen) atoms. The Hall–Kier alpha value is -1.35. The SMILES string of the molecule is COC(=O)C(CC(C)C)NC(C)CCc1cccc(C)c1. The van der Waals surface area contributed by atoms with Crippen LogP contribution in [0.4, 0.5) is 0 Å². The summed E-state index contributed by atoms with van der Waals surface area (Å²) in [5.41, 5.74) is 2.64. The van der Waals surface area contributed by atoms with Crippen molar-refractivity contribution in [2.24, 2.45) is 5.92 Å². The summed E-state index contributed by atoms with van der Waals surface area (Å²) in [5, 5.41) is 3.41. The maximum absolute atomic E-state index is 11.8. The van der Waals surface area contributed by atoms with Crippen LogP contribution >= 0.6 is 0 Å². The van der Waals surface area contributed by atoms with Gasteiger partial charge < -0.3 is 10.1 Å². The molecule has 0 spiro atoms. The lowest BCUT2D eigenvalue weighted by Crippen LogP contribution is -2.43. The highest BCUT2D eigenvalue weighted by Gasteiger charge is 2.21. The first-order valence-corrected chi connectivity index (χ1v) is 7.81. The molecule has 1 N–H and O–H groups in total. The number of ether oxygens (including phenoxy) is 1. The Balaban J connectivity index is 2.49. The van der Waals surface area contributed by atoms with E-state index < -0.39 is 0 Å². The third-order valence-corrected chi connectivity index (χ3v) is 3.63. The molecule has 0 amide bonds. The normalized spacial score (nSPS) is 14.0. The minimum Gasteiger partial charge on any atom is -0.468 e. The highest BCUT2D eigenvalue weighted by atomic mass is 16.5. The Morgan fingerprint density at radius 3 is 2.57 bits per heavy atom. The molecule has 3 heteroatoms. The molecule has 0 saturated heterocycles. The van der Waals surface area contributed by atoms with Crippen molar-refractivity contribution in [3.05, 3.63) is 35.4 Å². The van der Waals surface area contributed by atoms with E-state index in [4.69, 9.17) is 4.74 Å². The summed E-state index contributed by atoms with van der Waals surface area (Å²) >= 11 is 0. The number of rotatable bonds is 8. The van der Waals surface area contributed by atoms with Crippen LogP contribution in [0.5, 0.6) is 0 Å². The maximum atomic E-state index is 11.8. The second-order valence-electron chi connectivity index (χ2n) is 6.30. The molecule has 1 aromatic rings. The zero-order valence-corrected chi connectivity index (χ0v) is 14.0. The van der Waals surface area contributed by atoms with Crippen LogP contribution in [0.25, 0.3) is 0 Å². The van der Waals surface area contributed by atoms with Gasteiger partial charge in [0.2, 0.25) is 0 Å². The second-order valence-corrected chi connectivity index (χ2v) is 6.30. The summed E-state index contributed by atoms with van der Waals surface area (Å²) in [6.45, 7) is 8.48. The fraction of sp³-hybridized carbons (Fsp3) is 0.611. The molecule has 2 unspecified atom stereocenters. The number of carbonyl (C=O) groups is 1. The monoisotopic (exact) mass is 291 g/mol. The van der Waals surface area contributed by atoms with Crippen molar-refractivity contribution in [1.82, 2.24) is 5.32 Å². The van der Waals surface area contributed by atoms with Gasteiger partial charge in [-0.05, 0) is 44.6 Å². The van der Waals surface area contributed by atoms with Crippen LogP contribution in [-0.2, 0) is 16.0 Å². The lowest BCUT2D eigenvalue weighted by atomic mass is 10.0. The Bertz CT molecular complexity index is 443. The standard InChI is InChI=1S/C18H29NO2/c1-13(2)11-17(18(20)21-5)19-15(4)9-10-16-8-6-7-14(3)12-16/h6-8,12-13,15,17,19H,9-11H2,1-5H3. The second kappa shape index (κ2) is 8.83. The zero-order valence-electron chi connectivity index (χ0n) is 14.0. The topological polar surface area (TPSA) is 38.3 Å². The quantitative estimate of drug-likeness (QED) is 0.745. The van der Waals surface area contributed by atoms with Crippen molar-refractivity contribution in [1.29, 1.82) is 0 Å². The van der Waals surface area contributed by atoms with Crippen molar-refractivity contribution in [3.63, 3.8) is 0 Å². The van der Waals surface area contributed by atoms with Crippen LogP contribution in [-0.4, -0.2) is 25.2 Å². The van der Waals surface area contributed by atoms with Gasteiger partial charge in [0.1, 0.15) is 6.04 Å². The highest BCUT2D eigenvalue weighted by Crippen LogP contribution is 2.11. The number of methoxy groups -OCH3 is 1. The van der Waals surface area contributed by atoms with Crippen molar-refractivity contribution in [2.45, 2.75) is 59.0 Å². The Labute approximate surface area is 129 Å². The minimum atomic E-state index is -0.206. The van der Waals surface area contributed by atoms with Crippen molar-refractivity contribution in [2.75, 3.05) is 7.11 Å². The number of nitrogens with one attached hydrogen (secondary N) is 1. The molecule has 0 heterocycles. The van der Waals surface area contributed by atoms with Crippen molar-refractivity contribution >= 4 is 5.97 Å². The predicted octanol–water partition coefficient (Wildman–Crippen LogP) is 3.49. The van der Waals surface area contributed by atoms with E-state index in [9.17, 15) is 4.79 Å². The fourth-order valence-corrected chi connectivity index (χ4v) is 2.52. The summed E-state index contributed by atoms with van der Waals surface area (Å²) in [5.74, 6) is 0.302. The molecule has 0 radical (unpaired) electrons. The maximum Gasteiger partial charge on any atom is 0.322 e. The number of esters is 1. The first-order valence-electron chi connectivity index (χ1n) is 7.81. The molecular weight excluding hydrogens is 262 g/mol. The molecule has 0 fully saturated rings. The molecule has 2 atom stereocenters. The van der Waals surface area contributed by atoms with E-state index in [1.165, 1.54) is 18.2 Å². The lowest BCUT2D eigenvalue weighted by molar-refractivity contribution is -0.143. The van der Waals surface area contributed by atoms with Crippen LogP contribution in [0.3, 0.4) is 0 Å². The number of carbonyl (C=O) groups excluding carboxylic acids is 1. The number of benzene rings is 1. The van der Waals surface area contributed by atoms with Gasteiger partial charge in [0.25, 0.3) is 0 Å². The van der Waals surface area contributed by atoms with Crippen LogP contribution in [0, 0.1) is 12.8 Å². The third-order valence-electron chi connectivity index (χ3n) is 3.63. The van der Waals surface area contributed by atoms with Crippen LogP contribution < -0.4 is 5.32 Å². The van der Waals surface area contributed by atoms with E-state index in [1.807, 2.05) is 0 Å². The highest BCUT2D eigenvalue weighted by molar-refractivity contribution is 5.75. The van der Waals surface area contributed by atoms with Crippen LogP contribution in [0.15, 0.2) is 24.3 Å². The molecule has 3 nitrogen and oxygen atoms in total. The predicted molar refractivity (Wildman–Crippen MR) is 87.4 cm³/mol. The van der Waals surface area contributed by atoms with Gasteiger partial charge in [-0.2, -0.15) is 0 Å². The molecule has 118 valence electrons. The minimum absolute atomic E-state index is 0.161. The molecule has 0 saturated carbocycles. The largest absolute Gasteiger partial charge is 0.468 e. The average molecular weight is 291 g/mol. The molecule has 1 aromatic carbocycles. The molecule has 0 aliphatic carbocycles. The van der Waals surface area contributed by atoms with Gasteiger partial charge in [-0.25, -0.2) is 0 Å². The summed E-state index contributed by atoms with van der Waals surface area (Å²) in [4.78, 5) is 11.8. The summed E-state index contributed by atoms with van der Waals surface area (Å²) in [7, 11) is 1.45. The Morgan fingerprint density at radius 2 is 2.00 bits per heavy atom. The summed E-state index contributed by atoms with van der Waals surface area (Å²) in [6.07, 6.45) is 2.84. The van der Waals surface area contributed by atoms with Gasteiger partial charge in [0, 0.05) is 6.04 Å². The Morgan fingerprint density at radius 1 is 1.29 bits per heavy atom. The molecule has 0 bridgehead atoms. The van der Waals surface area contributed by atoms with Gasteiger partial charge in [-0.15, -0.1) is 0 Å². The molecule has 0 aliphatic rings. The average Bonchev–Trinajstić information content (AvgIpc) is 2.43. The lowest BCUT2D eigenvalue weighted by Gasteiger charge is -2.23. The summed E-state index contributed by atoms with van der Waals surface area (Å²) in [6, 6.07) is 8.67. The zero-order chi connectivity index (χ0) is 15.8. The van der Waals surface area contributed by atoms with Crippen LogP contribution in [0.1, 0.15) is 44.7 Å².